The maximum atomic E-state index is 13.6. The SMILES string of the molecule is CC(C)(N)C(=O)NC(CS)C(=O)NC(CC(=O)O)C(=O)NC(CCCN)C(=O)NC(CCCN)C(=O)NC(CCCCN)C(=O)NC(CS)C(N)=O. The highest BCUT2D eigenvalue weighted by atomic mass is 32.1. The number of carboxylic acid groups (broad SMARTS) is 1. The van der Waals surface area contributed by atoms with Crippen molar-refractivity contribution in [3.63, 3.8) is 0 Å². The topological polar surface area (TPSA) is 359 Å². The third kappa shape index (κ3) is 18.7. The van der Waals surface area contributed by atoms with Gasteiger partial charge in [-0.15, -0.1) is 0 Å². The number of nitrogens with two attached hydrogens (primary N) is 5. The highest BCUT2D eigenvalue weighted by Crippen LogP contribution is 2.08. The van der Waals surface area contributed by atoms with Crippen LogP contribution in [0.5, 0.6) is 0 Å². The van der Waals surface area contributed by atoms with Gasteiger partial charge in [-0.1, -0.05) is 0 Å². The van der Waals surface area contributed by atoms with Gasteiger partial charge in [0.1, 0.15) is 36.3 Å². The van der Waals surface area contributed by atoms with Crippen LogP contribution >= 0.6 is 25.3 Å². The van der Waals surface area contributed by atoms with Gasteiger partial charge in [0.2, 0.25) is 41.4 Å². The average Bonchev–Trinajstić information content (AvgIpc) is 3.07. The van der Waals surface area contributed by atoms with Crippen LogP contribution in [0, 0.1) is 0 Å². The number of carbonyl (C=O) groups is 8. The van der Waals surface area contributed by atoms with E-state index in [1.165, 1.54) is 13.8 Å². The minimum Gasteiger partial charge on any atom is -0.481 e. The summed E-state index contributed by atoms with van der Waals surface area (Å²) < 4.78 is 0. The molecule has 0 aliphatic heterocycles. The van der Waals surface area contributed by atoms with Gasteiger partial charge in [-0.05, 0) is 78.4 Å². The smallest absolute Gasteiger partial charge is 0.305 e. The summed E-state index contributed by atoms with van der Waals surface area (Å²) in [5.41, 5.74) is 26.6. The number of primary amides is 1. The normalized spacial score (nSPS) is 14.7. The molecule has 52 heavy (non-hydrogen) atoms. The van der Waals surface area contributed by atoms with Gasteiger partial charge in [-0.3, -0.25) is 38.4 Å². The third-order valence-corrected chi connectivity index (χ3v) is 8.21. The van der Waals surface area contributed by atoms with E-state index >= 15 is 0 Å². The Bertz CT molecular complexity index is 1220. The first kappa shape index (κ1) is 48.3. The van der Waals surface area contributed by atoms with Crippen LogP contribution in [0.4, 0.5) is 0 Å². The van der Waals surface area contributed by atoms with Crippen LogP contribution in [-0.2, 0) is 38.4 Å². The van der Waals surface area contributed by atoms with Gasteiger partial charge < -0.3 is 65.7 Å². The molecule has 0 spiro atoms. The molecule has 0 aromatic heterocycles. The molecule has 6 unspecified atom stereocenters. The number of thiol groups is 2. The van der Waals surface area contributed by atoms with E-state index in [-0.39, 0.29) is 56.7 Å². The first-order valence-corrected chi connectivity index (χ1v) is 18.1. The van der Waals surface area contributed by atoms with Crippen LogP contribution in [0.25, 0.3) is 0 Å². The van der Waals surface area contributed by atoms with E-state index in [0.717, 1.165) is 0 Å². The molecule has 20 nitrogen and oxygen atoms in total. The number of nitrogens with one attached hydrogen (secondary N) is 6. The lowest BCUT2D eigenvalue weighted by atomic mass is 10.0. The lowest BCUT2D eigenvalue weighted by molar-refractivity contribution is -0.141. The Balaban J connectivity index is 6.17. The van der Waals surface area contributed by atoms with Gasteiger partial charge in [0, 0.05) is 11.5 Å². The molecule has 0 bridgehead atoms. The summed E-state index contributed by atoms with van der Waals surface area (Å²) in [6.45, 7) is 3.37. The van der Waals surface area contributed by atoms with Gasteiger partial charge in [-0.25, -0.2) is 0 Å². The van der Waals surface area contributed by atoms with Crippen molar-refractivity contribution in [2.45, 2.75) is 107 Å². The van der Waals surface area contributed by atoms with Crippen LogP contribution in [-0.4, -0.2) is 125 Å². The third-order valence-electron chi connectivity index (χ3n) is 7.48. The molecule has 0 aromatic carbocycles. The molecule has 0 aliphatic carbocycles. The first-order valence-electron chi connectivity index (χ1n) is 16.8. The maximum Gasteiger partial charge on any atom is 0.305 e. The quantitative estimate of drug-likeness (QED) is 0.0275. The Kier molecular flexibility index (Phi) is 23.5. The second-order valence-electron chi connectivity index (χ2n) is 12.6. The lowest BCUT2D eigenvalue weighted by Gasteiger charge is -2.27. The molecule has 0 aromatic rings. The standard InChI is InChI=1S/C30H57N11O9S2/c1-30(2,35)29(50)41-21(15-52)28(49)39-19(13-22(42)43)27(48)38-18(9-6-12-33)25(46)37-17(8-5-11-32)24(45)36-16(7-3-4-10-31)26(47)40-20(14-51)23(34)44/h16-21,51-52H,3-15,31-33,35H2,1-2H3,(H2,34,44)(H,36,45)(H,37,46)(H,38,48)(H,39,49)(H,40,47)(H,41,50)(H,42,43). The van der Waals surface area contributed by atoms with Gasteiger partial charge in [0.05, 0.1) is 12.0 Å². The lowest BCUT2D eigenvalue weighted by Crippen LogP contribution is -2.61. The highest BCUT2D eigenvalue weighted by Gasteiger charge is 2.34. The van der Waals surface area contributed by atoms with E-state index in [4.69, 9.17) is 28.7 Å². The molecule has 6 atom stereocenters. The summed E-state index contributed by atoms with van der Waals surface area (Å²) in [5.74, 6) is -7.62. The zero-order valence-electron chi connectivity index (χ0n) is 29.7. The van der Waals surface area contributed by atoms with Crippen molar-refractivity contribution >= 4 is 72.6 Å². The van der Waals surface area contributed by atoms with Crippen molar-refractivity contribution in [2.24, 2.45) is 28.7 Å². The number of carbonyl (C=O) groups excluding carboxylic acids is 7. The second kappa shape index (κ2) is 25.3. The average molecular weight is 780 g/mol. The Hall–Kier alpha value is -3.70. The summed E-state index contributed by atoms with van der Waals surface area (Å²) in [6.07, 6.45) is 0.669. The van der Waals surface area contributed by atoms with E-state index < -0.39 is 95.5 Å². The molecule has 0 rings (SSSR count). The summed E-state index contributed by atoms with van der Waals surface area (Å²) in [4.78, 5) is 102. The van der Waals surface area contributed by atoms with Crippen LogP contribution in [0.2, 0.25) is 0 Å². The summed E-state index contributed by atoms with van der Waals surface area (Å²) in [7, 11) is 0. The Morgan fingerprint density at radius 2 is 0.904 bits per heavy atom. The molecule has 0 saturated heterocycles. The fraction of sp³-hybridized carbons (Fsp3) is 0.733. The molecule has 7 amide bonds. The predicted octanol–water partition coefficient (Wildman–Crippen LogP) is -4.94. The zero-order chi connectivity index (χ0) is 40.0. The molecule has 0 aliphatic rings. The van der Waals surface area contributed by atoms with Gasteiger partial charge in [0.15, 0.2) is 0 Å². The van der Waals surface area contributed by atoms with Crippen LogP contribution in [0.3, 0.4) is 0 Å². The fourth-order valence-corrected chi connectivity index (χ4v) is 4.96. The van der Waals surface area contributed by atoms with Gasteiger partial charge in [0.25, 0.3) is 0 Å². The Morgan fingerprint density at radius 3 is 1.25 bits per heavy atom. The van der Waals surface area contributed by atoms with E-state index in [9.17, 15) is 43.5 Å². The first-order chi connectivity index (χ1) is 24.4. The summed E-state index contributed by atoms with van der Waals surface area (Å²) in [6, 6.07) is -7.86. The van der Waals surface area contributed by atoms with Crippen LogP contribution < -0.4 is 60.6 Å². The maximum absolute atomic E-state index is 13.6. The van der Waals surface area contributed by atoms with Crippen molar-refractivity contribution < 1.29 is 43.5 Å². The minimum absolute atomic E-state index is 0.0253. The van der Waals surface area contributed by atoms with E-state index in [1.54, 1.807) is 0 Å². The molecule has 0 saturated carbocycles. The molecule has 0 heterocycles. The Labute approximate surface area is 314 Å². The summed E-state index contributed by atoms with van der Waals surface area (Å²) in [5, 5.41) is 24.1. The molecule has 298 valence electrons. The van der Waals surface area contributed by atoms with Gasteiger partial charge in [-0.2, -0.15) is 25.3 Å². The molecule has 17 N–H and O–H groups in total. The zero-order valence-corrected chi connectivity index (χ0v) is 31.4. The van der Waals surface area contributed by atoms with Crippen LogP contribution in [0.1, 0.15) is 65.2 Å². The summed E-state index contributed by atoms with van der Waals surface area (Å²) >= 11 is 8.07. The molecule has 0 radical (unpaired) electrons. The Morgan fingerprint density at radius 1 is 0.558 bits per heavy atom. The monoisotopic (exact) mass is 779 g/mol. The fourth-order valence-electron chi connectivity index (χ4n) is 4.43. The number of amides is 7. The minimum atomic E-state index is -1.70. The number of aliphatic carboxylic acids is 1. The van der Waals surface area contributed by atoms with E-state index in [0.29, 0.717) is 19.4 Å². The van der Waals surface area contributed by atoms with Crippen molar-refractivity contribution in [3.8, 4) is 0 Å². The molecule has 22 heteroatoms. The van der Waals surface area contributed by atoms with Crippen molar-refractivity contribution in [1.82, 2.24) is 31.9 Å². The van der Waals surface area contributed by atoms with Crippen LogP contribution in [0.15, 0.2) is 0 Å². The number of rotatable bonds is 27. The molecular formula is C30H57N11O9S2. The van der Waals surface area contributed by atoms with Crippen molar-refractivity contribution in [3.05, 3.63) is 0 Å². The van der Waals surface area contributed by atoms with Crippen molar-refractivity contribution in [2.75, 3.05) is 31.1 Å². The number of hydrogen-bond acceptors (Lipinski definition) is 14. The van der Waals surface area contributed by atoms with Crippen molar-refractivity contribution in [1.29, 1.82) is 0 Å². The van der Waals surface area contributed by atoms with Gasteiger partial charge >= 0.3 is 5.97 Å². The largest absolute Gasteiger partial charge is 0.481 e. The predicted molar refractivity (Wildman–Crippen MR) is 198 cm³/mol. The van der Waals surface area contributed by atoms with E-state index in [2.05, 4.69) is 57.2 Å². The number of unbranched alkanes of at least 4 members (excludes halogenated alkanes) is 1. The second-order valence-corrected chi connectivity index (χ2v) is 13.3. The molecule has 0 fully saturated rings. The molecular weight excluding hydrogens is 723 g/mol. The number of hydrogen-bond donors (Lipinski definition) is 14. The highest BCUT2D eigenvalue weighted by molar-refractivity contribution is 7.80. The number of carboxylic acids is 1. The van der Waals surface area contributed by atoms with E-state index in [1.807, 2.05) is 0 Å².